The second-order valence-corrected chi connectivity index (χ2v) is 40.0. The average Bonchev–Trinajstić information content (AvgIpc) is 1.20. The number of rotatable bonds is 27. The van der Waals surface area contributed by atoms with Crippen LogP contribution in [0.3, 0.4) is 0 Å². The predicted molar refractivity (Wildman–Crippen MR) is 524 cm³/mol. The summed E-state index contributed by atoms with van der Waals surface area (Å²) in [5.74, 6) is 3.59. The summed E-state index contributed by atoms with van der Waals surface area (Å²) < 4.78 is 254. The highest BCUT2D eigenvalue weighted by atomic mass is 79.9. The van der Waals surface area contributed by atoms with Crippen molar-refractivity contribution in [2.75, 3.05) is 42.5 Å². The van der Waals surface area contributed by atoms with Crippen molar-refractivity contribution in [1.29, 1.82) is 0 Å². The van der Waals surface area contributed by atoms with Gasteiger partial charge in [-0.3, -0.25) is 10.0 Å². The van der Waals surface area contributed by atoms with Crippen LogP contribution in [-0.4, -0.2) is 110 Å². The van der Waals surface area contributed by atoms with E-state index in [9.17, 15) is 77.9 Å². The molecule has 0 bridgehead atoms. The van der Waals surface area contributed by atoms with Gasteiger partial charge in [-0.05, 0) is 198 Å². The number of hydroxylamine groups is 2. The molecule has 0 amide bonds. The monoisotopic (exact) mass is 2290 g/mol. The van der Waals surface area contributed by atoms with Crippen molar-refractivity contribution in [2.45, 2.75) is 67.9 Å². The lowest BCUT2D eigenvalue weighted by atomic mass is 10.1. The van der Waals surface area contributed by atoms with Gasteiger partial charge in [-0.1, -0.05) is 130 Å². The summed E-state index contributed by atoms with van der Waals surface area (Å²) in [7, 11) is -3.10. The molecule has 7 aromatic carbocycles. The SMILES string of the molecule is Brc1ccc(Br)nc1.Brc1ccc(SCc2ccccc2)nc1.CN(O)S(=O)(=O)c1ccc(Nc2ncc(-c3ccc(C(F)(F)F)cc3)o2)cn1.COc1ccc(CON(C)S(=O)(=O)c2ccc(Nc3ncc(-c4ccc(C(F)(F)F)cc4)o3)cn2)cc1.FC(F)(F)c1ccc(-c2cnc(Nc3ccc(SCc4ccccc4)nc3)o2)cc1.O=S(=O)(Cl)c1ccc(Nc2ncc(-c3ccc(C(F)(F)F)cc3)o2)cn1. The number of nitrogens with zero attached hydrogens (tertiary/aromatic N) is 12. The van der Waals surface area contributed by atoms with Gasteiger partial charge in [0.05, 0.1) is 118 Å². The van der Waals surface area contributed by atoms with E-state index >= 15 is 0 Å². The molecule has 0 aliphatic carbocycles. The first-order chi connectivity index (χ1) is 68.4. The minimum Gasteiger partial charge on any atom is -0.497 e. The fourth-order valence-electron chi connectivity index (χ4n) is 11.5. The highest BCUT2D eigenvalue weighted by molar-refractivity contribution is 9.11. The van der Waals surface area contributed by atoms with Gasteiger partial charge in [0.25, 0.3) is 53.2 Å². The van der Waals surface area contributed by atoms with Gasteiger partial charge in [0.2, 0.25) is 0 Å². The topological polar surface area (TPSA) is 377 Å². The van der Waals surface area contributed by atoms with Crippen LogP contribution in [0.1, 0.15) is 38.9 Å². The van der Waals surface area contributed by atoms with E-state index in [0.717, 1.165) is 101 Å². The molecule has 144 heavy (non-hydrogen) atoms. The second-order valence-electron chi connectivity index (χ2n) is 29.0. The van der Waals surface area contributed by atoms with Gasteiger partial charge in [0.15, 0.2) is 38.1 Å². The summed E-state index contributed by atoms with van der Waals surface area (Å²) in [6, 6.07) is 65.4. The quantitative estimate of drug-likeness (QED) is 0.0105. The minimum absolute atomic E-state index is 0.0186. The molecule has 29 nitrogen and oxygen atoms in total. The lowest BCUT2D eigenvalue weighted by molar-refractivity contribution is -0.138. The Hall–Kier alpha value is -13.4. The molecule has 0 saturated carbocycles. The zero-order chi connectivity index (χ0) is 104. The number of thioether (sulfide) groups is 2. The Morgan fingerprint density at radius 3 is 0.944 bits per heavy atom. The minimum atomic E-state index is -4.43. The van der Waals surface area contributed by atoms with Gasteiger partial charge in [0.1, 0.15) is 10.4 Å². The molecular formula is C94H72Br3ClF12N16O13S5. The van der Waals surface area contributed by atoms with Crippen LogP contribution in [0, 0.1) is 0 Å². The Kier molecular flexibility index (Phi) is 37.7. The third kappa shape index (κ3) is 33.1. The molecule has 748 valence electrons. The number of benzene rings is 7. The number of alkyl halides is 12. The molecular weight excluding hydrogens is 2220 g/mol. The molecule has 50 heteroatoms. The molecule has 0 saturated heterocycles. The maximum Gasteiger partial charge on any atom is 0.416 e. The molecule has 0 fully saturated rings. The lowest BCUT2D eigenvalue weighted by Crippen LogP contribution is -2.27. The zero-order valence-corrected chi connectivity index (χ0v) is 83.5. The molecule has 0 spiro atoms. The van der Waals surface area contributed by atoms with Crippen LogP contribution in [0.5, 0.6) is 5.75 Å². The van der Waals surface area contributed by atoms with Crippen molar-refractivity contribution in [1.82, 2.24) is 58.8 Å². The Balaban J connectivity index is 0.000000160. The van der Waals surface area contributed by atoms with Crippen molar-refractivity contribution < 1.29 is 110 Å². The van der Waals surface area contributed by atoms with Crippen LogP contribution >= 0.6 is 82.0 Å². The summed E-state index contributed by atoms with van der Waals surface area (Å²) >= 11 is 13.2. The van der Waals surface area contributed by atoms with E-state index in [1.807, 2.05) is 66.9 Å². The van der Waals surface area contributed by atoms with Gasteiger partial charge in [-0.2, -0.15) is 52.7 Å². The Labute approximate surface area is 851 Å². The molecule has 0 radical (unpaired) electrons. The van der Waals surface area contributed by atoms with Crippen molar-refractivity contribution in [3.63, 3.8) is 0 Å². The molecule has 0 aliphatic heterocycles. The third-order valence-corrected chi connectivity index (χ3v) is 26.5. The number of halogens is 16. The number of methoxy groups -OCH3 is 1. The van der Waals surface area contributed by atoms with Crippen molar-refractivity contribution >= 4 is 158 Å². The van der Waals surface area contributed by atoms with Crippen LogP contribution in [0.25, 0.3) is 45.3 Å². The fraction of sp³-hybridized carbons (Fsp3) is 0.106. The average molecular weight is 2300 g/mol. The molecule has 5 N–H and O–H groups in total. The fourth-order valence-corrected chi connectivity index (χ4v) is 16.1. The Bertz CT molecular complexity index is 7340. The summed E-state index contributed by atoms with van der Waals surface area (Å²) in [6.45, 7) is 0.0186. The molecule has 10 aromatic heterocycles. The maximum atomic E-state index is 12.8. The summed E-state index contributed by atoms with van der Waals surface area (Å²) in [5.41, 5.74) is 3.82. The van der Waals surface area contributed by atoms with Gasteiger partial charge in [-0.25, -0.2) is 75.1 Å². The van der Waals surface area contributed by atoms with E-state index in [1.165, 1.54) is 146 Å². The van der Waals surface area contributed by atoms with Gasteiger partial charge in [-0.15, -0.1) is 23.5 Å². The number of nitrogens with one attached hydrogen (secondary N) is 4. The Morgan fingerprint density at radius 2 is 0.667 bits per heavy atom. The normalized spacial score (nSPS) is 11.7. The van der Waals surface area contributed by atoms with Gasteiger partial charge < -0.3 is 43.7 Å². The van der Waals surface area contributed by atoms with E-state index in [0.29, 0.717) is 56.5 Å². The first-order valence-corrected chi connectivity index (χ1v) is 50.5. The van der Waals surface area contributed by atoms with Gasteiger partial charge >= 0.3 is 24.7 Å². The molecule has 10 heterocycles. The van der Waals surface area contributed by atoms with E-state index < -0.39 is 76.1 Å². The van der Waals surface area contributed by atoms with Crippen molar-refractivity contribution in [3.05, 3.63) is 369 Å². The number of oxazole rings is 4. The van der Waals surface area contributed by atoms with Crippen LogP contribution in [0.4, 0.5) is 99.5 Å². The second kappa shape index (κ2) is 49.7. The van der Waals surface area contributed by atoms with E-state index in [4.69, 9.17) is 43.1 Å². The molecule has 0 unspecified atom stereocenters. The molecule has 0 aliphatic rings. The van der Waals surface area contributed by atoms with Crippen molar-refractivity contribution in [3.8, 4) is 51.0 Å². The largest absolute Gasteiger partial charge is 0.497 e. The number of ether oxygens (including phenoxy) is 1. The number of pyridine rings is 6. The number of sulfonamides is 2. The standard InChI is InChI=1S/C24H21F3N4O5S.C22H16F3N3OS.C16H13F3N4O4S.C15H9ClF3N3O3S.C12H10BrNS.C5H3Br2N/c1-31(35-15-16-3-10-20(34-2)11-4-16)37(32,33)22-12-9-19(13-28-22)30-23-29-14-21(36-23)17-5-7-18(8-6-17)24(25,26)27;23-22(24,25)17-8-6-16(7-9-17)19-13-27-21(29-19)28-18-10-11-20(26-12-18)30-14-15-4-2-1-3-5-15;1-23(24)28(25,26)14-7-6-12(8-20-14)22-15-21-9-13(27-15)10-2-4-11(5-3-10)16(17,18)19;16-26(23,24)13-6-5-11(7-20-13)22-14-21-8-12(25-14)9-1-3-10(4-2-9)15(17,18)19;13-11-6-7-12(14-8-11)15-9-10-4-2-1-3-5-10;6-4-1-2-5(7)8-3-4/h3-14H,15H2,1-2H3,(H,29,30);1-13H,14H2,(H,27,28);2-9,24H,1H3,(H,21,22);1-8H,(H,21,22);1-8H,9H2;1-3H. The van der Waals surface area contributed by atoms with Crippen LogP contribution in [0.15, 0.2) is 373 Å². The van der Waals surface area contributed by atoms with Crippen LogP contribution in [0.2, 0.25) is 0 Å². The van der Waals surface area contributed by atoms with Crippen LogP contribution in [-0.2, 0) is 76.8 Å². The highest BCUT2D eigenvalue weighted by Crippen LogP contribution is 2.39. The first-order valence-electron chi connectivity index (χ1n) is 40.9. The number of hydrogen-bond donors (Lipinski definition) is 5. The van der Waals surface area contributed by atoms with Crippen LogP contribution < -0.4 is 26.0 Å². The number of hydrogen-bond acceptors (Lipinski definition) is 29. The summed E-state index contributed by atoms with van der Waals surface area (Å²) in [6.07, 6.45) is -3.23. The lowest BCUT2D eigenvalue weighted by Gasteiger charge is -2.16. The Morgan fingerprint density at radius 1 is 0.354 bits per heavy atom. The summed E-state index contributed by atoms with van der Waals surface area (Å²) in [5, 5.41) is 21.5. The molecule has 17 aromatic rings. The van der Waals surface area contributed by atoms with Crippen molar-refractivity contribution in [2.24, 2.45) is 0 Å². The summed E-state index contributed by atoms with van der Waals surface area (Å²) in [4.78, 5) is 45.5. The smallest absolute Gasteiger partial charge is 0.416 e. The zero-order valence-electron chi connectivity index (χ0n) is 73.9. The third-order valence-electron chi connectivity index (χ3n) is 18.8. The van der Waals surface area contributed by atoms with E-state index in [-0.39, 0.29) is 67.5 Å². The first kappa shape index (κ1) is 109. The highest BCUT2D eigenvalue weighted by Gasteiger charge is 2.34. The maximum absolute atomic E-state index is 12.8. The molecule has 0 atom stereocenters. The number of anilines is 8. The van der Waals surface area contributed by atoms with Gasteiger partial charge in [0, 0.05) is 79.9 Å². The van der Waals surface area contributed by atoms with E-state index in [1.54, 1.807) is 67.3 Å². The predicted octanol–water partition coefficient (Wildman–Crippen LogP) is 26.7. The van der Waals surface area contributed by atoms with E-state index in [2.05, 4.69) is 155 Å². The number of aromatic nitrogens is 10. The molecule has 17 rings (SSSR count).